The summed E-state index contributed by atoms with van der Waals surface area (Å²) in [6.45, 7) is 0. The zero-order valence-electron chi connectivity index (χ0n) is 8.60. The summed E-state index contributed by atoms with van der Waals surface area (Å²) in [5, 5.41) is 0.964. The molecule has 0 aromatic heterocycles. The number of hydrogen-bond acceptors (Lipinski definition) is 2. The van der Waals surface area contributed by atoms with Crippen molar-refractivity contribution in [3.05, 3.63) is 30.3 Å². The van der Waals surface area contributed by atoms with Gasteiger partial charge < -0.3 is 9.30 Å². The summed E-state index contributed by atoms with van der Waals surface area (Å²) in [6, 6.07) is 9.73. The van der Waals surface area contributed by atoms with Crippen LogP contribution in [0.15, 0.2) is 30.3 Å². The molecule has 1 aliphatic heterocycles. The molecule has 15 heavy (non-hydrogen) atoms. The lowest BCUT2D eigenvalue weighted by Crippen LogP contribution is -2.19. The summed E-state index contributed by atoms with van der Waals surface area (Å²) in [7, 11) is -0.614. The third-order valence-corrected chi connectivity index (χ3v) is 8.75. The Kier molecular flexibility index (Phi) is 3.34. The zero-order chi connectivity index (χ0) is 10.9. The third kappa shape index (κ3) is 1.93. The number of methoxy groups -OCH3 is 1. The van der Waals surface area contributed by atoms with Crippen LogP contribution in [0.3, 0.4) is 0 Å². The van der Waals surface area contributed by atoms with Crippen LogP contribution in [-0.2, 0) is 9.30 Å². The second-order valence-electron chi connectivity index (χ2n) is 3.79. The number of halogens is 1. The van der Waals surface area contributed by atoms with Crippen LogP contribution >= 0.6 is 23.1 Å². The summed E-state index contributed by atoms with van der Waals surface area (Å²) in [5.41, 5.74) is 0. The molecule has 0 spiro atoms. The molecule has 1 fully saturated rings. The molecule has 2 nitrogen and oxygen atoms in total. The maximum absolute atomic E-state index is 12.8. The maximum atomic E-state index is 12.8. The van der Waals surface area contributed by atoms with E-state index in [1.807, 2.05) is 30.3 Å². The molecule has 0 bridgehead atoms. The highest BCUT2D eigenvalue weighted by molar-refractivity contribution is 9.10. The molecule has 0 saturated carbocycles. The lowest BCUT2D eigenvalue weighted by atomic mass is 10.3. The van der Waals surface area contributed by atoms with E-state index in [0.717, 1.165) is 17.9 Å². The first kappa shape index (κ1) is 11.4. The predicted molar refractivity (Wildman–Crippen MR) is 66.7 cm³/mol. The van der Waals surface area contributed by atoms with Crippen LogP contribution in [0, 0.1) is 0 Å². The van der Waals surface area contributed by atoms with Crippen LogP contribution in [0.5, 0.6) is 0 Å². The van der Waals surface area contributed by atoms with Gasteiger partial charge in [0.25, 0.3) is 0 Å². The van der Waals surface area contributed by atoms with Gasteiger partial charge in [-0.25, -0.2) is 0 Å². The Morgan fingerprint density at radius 3 is 2.60 bits per heavy atom. The Morgan fingerprint density at radius 2 is 2.07 bits per heavy atom. The van der Waals surface area contributed by atoms with Gasteiger partial charge in [-0.3, -0.25) is 0 Å². The van der Waals surface area contributed by atoms with E-state index >= 15 is 0 Å². The van der Waals surface area contributed by atoms with Crippen molar-refractivity contribution in [1.82, 2.24) is 0 Å². The lowest BCUT2D eigenvalue weighted by molar-refractivity contribution is 0.119. The van der Waals surface area contributed by atoms with Crippen molar-refractivity contribution in [3.63, 3.8) is 0 Å². The molecule has 0 N–H and O–H groups in total. The summed E-state index contributed by atoms with van der Waals surface area (Å²) in [6.07, 6.45) is 1.69. The van der Waals surface area contributed by atoms with E-state index in [-0.39, 0.29) is 10.7 Å². The van der Waals surface area contributed by atoms with E-state index in [4.69, 9.17) is 4.74 Å². The number of benzene rings is 1. The first-order valence-electron chi connectivity index (χ1n) is 5.00. The molecule has 0 radical (unpaired) electrons. The van der Waals surface area contributed by atoms with E-state index in [1.165, 1.54) is 0 Å². The lowest BCUT2D eigenvalue weighted by Gasteiger charge is -2.18. The largest absolute Gasteiger partial charge is 0.380 e. The first-order valence-corrected chi connectivity index (χ1v) is 7.87. The second-order valence-corrected chi connectivity index (χ2v) is 8.60. The van der Waals surface area contributed by atoms with Crippen molar-refractivity contribution < 1.29 is 9.30 Å². The third-order valence-electron chi connectivity index (χ3n) is 2.95. The molecular weight excluding hydrogens is 275 g/mol. The molecule has 1 saturated heterocycles. The van der Waals surface area contributed by atoms with Gasteiger partial charge in [-0.15, -0.1) is 0 Å². The normalized spacial score (nSPS) is 35.6. The molecule has 1 aliphatic rings. The molecule has 1 aromatic rings. The monoisotopic (exact) mass is 288 g/mol. The number of ether oxygens (including phenoxy) is 1. The Morgan fingerprint density at radius 1 is 1.40 bits per heavy atom. The van der Waals surface area contributed by atoms with Crippen LogP contribution < -0.4 is 5.30 Å². The molecule has 1 aromatic carbocycles. The topological polar surface area (TPSA) is 26.3 Å². The number of hydrogen-bond donors (Lipinski definition) is 0. The van der Waals surface area contributed by atoms with Crippen LogP contribution in [0.1, 0.15) is 6.42 Å². The van der Waals surface area contributed by atoms with Crippen LogP contribution in [0.4, 0.5) is 0 Å². The van der Waals surface area contributed by atoms with E-state index in [0.29, 0.717) is 0 Å². The van der Waals surface area contributed by atoms with Crippen molar-refractivity contribution in [2.24, 2.45) is 0 Å². The van der Waals surface area contributed by atoms with Crippen LogP contribution in [-0.4, -0.2) is 23.9 Å². The summed E-state index contributed by atoms with van der Waals surface area (Å²) >= 11 is 3.54. The second kappa shape index (κ2) is 4.40. The highest BCUT2D eigenvalue weighted by atomic mass is 79.9. The van der Waals surface area contributed by atoms with Gasteiger partial charge in [-0.05, 0) is 6.42 Å². The van der Waals surface area contributed by atoms with E-state index < -0.39 is 7.14 Å². The van der Waals surface area contributed by atoms with Gasteiger partial charge in [0, 0.05) is 18.6 Å². The molecule has 2 rings (SSSR count). The van der Waals surface area contributed by atoms with Gasteiger partial charge in [-0.1, -0.05) is 46.3 Å². The van der Waals surface area contributed by atoms with E-state index in [1.54, 1.807) is 7.11 Å². The summed E-state index contributed by atoms with van der Waals surface area (Å²) in [5.74, 6) is 0. The minimum atomic E-state index is -2.29. The van der Waals surface area contributed by atoms with E-state index in [9.17, 15) is 4.57 Å². The minimum absolute atomic E-state index is 0.0302. The molecule has 82 valence electrons. The molecule has 0 amide bonds. The predicted octanol–water partition coefficient (Wildman–Crippen LogP) is 2.81. The number of rotatable bonds is 2. The Bertz CT molecular complexity index is 379. The molecular formula is C11H14BrO2P. The van der Waals surface area contributed by atoms with E-state index in [2.05, 4.69) is 15.9 Å². The quantitative estimate of drug-likeness (QED) is 0.618. The van der Waals surface area contributed by atoms with Crippen molar-refractivity contribution >= 4 is 28.4 Å². The Hall–Kier alpha value is -0.110. The van der Waals surface area contributed by atoms with Gasteiger partial charge >= 0.3 is 0 Å². The SMILES string of the molecule is CO[C@@H]1CCP(=O)(c2ccccc2)[C@H]1Br. The highest BCUT2D eigenvalue weighted by Gasteiger charge is 2.44. The maximum Gasteiger partial charge on any atom is 0.131 e. The Balaban J connectivity index is 2.33. The average Bonchev–Trinajstić information content (AvgIpc) is 2.58. The van der Waals surface area contributed by atoms with Crippen molar-refractivity contribution in [2.75, 3.05) is 13.3 Å². The first-order chi connectivity index (χ1) is 7.18. The highest BCUT2D eigenvalue weighted by Crippen LogP contribution is 2.59. The van der Waals surface area contributed by atoms with Crippen LogP contribution in [0.25, 0.3) is 0 Å². The minimum Gasteiger partial charge on any atom is -0.380 e. The van der Waals surface area contributed by atoms with Gasteiger partial charge in [-0.2, -0.15) is 0 Å². The zero-order valence-corrected chi connectivity index (χ0v) is 11.1. The van der Waals surface area contributed by atoms with Crippen molar-refractivity contribution in [1.29, 1.82) is 0 Å². The molecule has 4 heteroatoms. The fourth-order valence-corrected chi connectivity index (χ4v) is 6.75. The summed E-state index contributed by atoms with van der Waals surface area (Å²) < 4.78 is 18.1. The molecule has 1 heterocycles. The van der Waals surface area contributed by atoms with Gasteiger partial charge in [0.05, 0.1) is 10.7 Å². The molecule has 0 aliphatic carbocycles. The van der Waals surface area contributed by atoms with Crippen molar-refractivity contribution in [3.8, 4) is 0 Å². The average molecular weight is 289 g/mol. The smallest absolute Gasteiger partial charge is 0.131 e. The molecule has 1 unspecified atom stereocenters. The standard InChI is InChI=1S/C11H14BrO2P/c1-14-10-7-8-15(13,11(10)12)9-5-3-2-4-6-9/h2-6,10-11H,7-8H2,1H3/t10-,11-,15?/m1/s1. The fourth-order valence-electron chi connectivity index (χ4n) is 2.03. The van der Waals surface area contributed by atoms with Crippen molar-refractivity contribution in [2.45, 2.75) is 17.1 Å². The fraction of sp³-hybridized carbons (Fsp3) is 0.455. The Labute approximate surface area is 98.5 Å². The number of alkyl halides is 1. The van der Waals surface area contributed by atoms with Gasteiger partial charge in [0.2, 0.25) is 0 Å². The molecule has 3 atom stereocenters. The van der Waals surface area contributed by atoms with Gasteiger partial charge in [0.15, 0.2) is 0 Å². The summed E-state index contributed by atoms with van der Waals surface area (Å²) in [4.78, 5) is 0. The van der Waals surface area contributed by atoms with Crippen LogP contribution in [0.2, 0.25) is 0 Å². The van der Waals surface area contributed by atoms with Gasteiger partial charge in [0.1, 0.15) is 7.14 Å².